The number of carbonyl (C=O) groups is 2. The minimum absolute atomic E-state index is 0.0346. The summed E-state index contributed by atoms with van der Waals surface area (Å²) in [6, 6.07) is 7.78. The number of halogens is 1. The number of amides is 2. The number of benzene rings is 1. The summed E-state index contributed by atoms with van der Waals surface area (Å²) in [6.45, 7) is 2.70. The van der Waals surface area contributed by atoms with E-state index in [4.69, 9.17) is 4.74 Å². The number of nitrogens with one attached hydrogen (secondary N) is 1. The van der Waals surface area contributed by atoms with Crippen molar-refractivity contribution in [2.24, 2.45) is 7.05 Å². The summed E-state index contributed by atoms with van der Waals surface area (Å²) in [5.41, 5.74) is 0.944. The summed E-state index contributed by atoms with van der Waals surface area (Å²) in [6.07, 6.45) is 2.37. The molecule has 0 radical (unpaired) electrons. The van der Waals surface area contributed by atoms with Crippen LogP contribution in [0, 0.1) is 5.82 Å². The number of aromatic nitrogens is 2. The topological polar surface area (TPSA) is 79.7 Å². The summed E-state index contributed by atoms with van der Waals surface area (Å²) in [7, 11) is 3.74. The molecule has 31 heavy (non-hydrogen) atoms. The van der Waals surface area contributed by atoms with Crippen molar-refractivity contribution in [1.82, 2.24) is 24.9 Å². The van der Waals surface area contributed by atoms with Gasteiger partial charge in [-0.3, -0.25) is 14.3 Å². The van der Waals surface area contributed by atoms with E-state index in [1.165, 1.54) is 12.1 Å². The second-order valence-electron chi connectivity index (χ2n) is 8.46. The number of aryl methyl sites for hydroxylation is 1. The summed E-state index contributed by atoms with van der Waals surface area (Å²) < 4.78 is 21.0. The molecule has 0 aliphatic carbocycles. The second-order valence-corrected chi connectivity index (χ2v) is 8.46. The first-order valence-electron chi connectivity index (χ1n) is 10.5. The number of carbonyl (C=O) groups excluding carboxylic acids is 2. The molecule has 3 heterocycles. The van der Waals surface area contributed by atoms with Gasteiger partial charge in [-0.2, -0.15) is 5.10 Å². The van der Waals surface area contributed by atoms with Gasteiger partial charge in [0.1, 0.15) is 17.6 Å². The molecular formula is C22H28FN5O3. The van der Waals surface area contributed by atoms with Crippen molar-refractivity contribution in [2.75, 3.05) is 33.2 Å². The third-order valence-corrected chi connectivity index (χ3v) is 6.10. The number of hydrogen-bond acceptors (Lipinski definition) is 5. The van der Waals surface area contributed by atoms with Crippen LogP contribution in [0.3, 0.4) is 0 Å². The Morgan fingerprint density at radius 1 is 1.19 bits per heavy atom. The molecule has 1 aromatic heterocycles. The van der Waals surface area contributed by atoms with Crippen molar-refractivity contribution in [3.05, 3.63) is 53.6 Å². The van der Waals surface area contributed by atoms with E-state index in [2.05, 4.69) is 15.3 Å². The Hall–Kier alpha value is -2.78. The number of nitrogens with zero attached hydrogens (tertiary/aromatic N) is 4. The molecule has 0 unspecified atom stereocenters. The molecule has 2 saturated heterocycles. The van der Waals surface area contributed by atoms with E-state index in [0.29, 0.717) is 44.7 Å². The van der Waals surface area contributed by atoms with Crippen molar-refractivity contribution in [3.63, 3.8) is 0 Å². The predicted molar refractivity (Wildman–Crippen MR) is 112 cm³/mol. The zero-order valence-corrected chi connectivity index (χ0v) is 17.9. The highest BCUT2D eigenvalue weighted by Crippen LogP contribution is 2.32. The summed E-state index contributed by atoms with van der Waals surface area (Å²) in [5, 5.41) is 6.97. The van der Waals surface area contributed by atoms with E-state index < -0.39 is 11.7 Å². The first-order chi connectivity index (χ1) is 14.8. The quantitative estimate of drug-likeness (QED) is 0.790. The zero-order valence-electron chi connectivity index (χ0n) is 17.9. The number of ether oxygens (including phenoxy) is 1. The van der Waals surface area contributed by atoms with Crippen LogP contribution in [0.2, 0.25) is 0 Å². The molecule has 2 aliphatic rings. The Morgan fingerprint density at radius 2 is 1.90 bits per heavy atom. The molecule has 2 aromatic rings. The molecule has 8 nitrogen and oxygen atoms in total. The maximum absolute atomic E-state index is 13.1. The van der Waals surface area contributed by atoms with Gasteiger partial charge in [-0.15, -0.1) is 0 Å². The Balaban J connectivity index is 1.35. The van der Waals surface area contributed by atoms with Crippen molar-refractivity contribution >= 4 is 11.8 Å². The lowest BCUT2D eigenvalue weighted by atomic mass is 9.88. The Labute approximate surface area is 180 Å². The van der Waals surface area contributed by atoms with Gasteiger partial charge < -0.3 is 19.9 Å². The van der Waals surface area contributed by atoms with Gasteiger partial charge in [0.15, 0.2) is 0 Å². The van der Waals surface area contributed by atoms with Gasteiger partial charge in [-0.1, -0.05) is 12.1 Å². The van der Waals surface area contributed by atoms with Crippen LogP contribution in [0.15, 0.2) is 36.5 Å². The van der Waals surface area contributed by atoms with Gasteiger partial charge in [0.25, 0.3) is 11.8 Å². The highest BCUT2D eigenvalue weighted by molar-refractivity contribution is 5.92. The number of morpholine rings is 1. The van der Waals surface area contributed by atoms with Gasteiger partial charge in [-0.25, -0.2) is 4.39 Å². The standard InChI is InChI=1S/C22H28FN5O3/c1-26-14-19(20(29)24-13-16-3-5-17(23)6-4-16)31-22(15-26)8-11-28(12-9-22)21(30)18-7-10-25-27(18)2/h3-7,10,19H,8-9,11-15H2,1-2H3,(H,24,29)/t19-/m1/s1. The predicted octanol–water partition coefficient (Wildman–Crippen LogP) is 1.18. The minimum Gasteiger partial charge on any atom is -0.359 e. The maximum atomic E-state index is 13.1. The van der Waals surface area contributed by atoms with Gasteiger partial charge in [0.2, 0.25) is 0 Å². The number of likely N-dealkylation sites (N-methyl/N-ethyl adjacent to an activating group) is 1. The van der Waals surface area contributed by atoms with Gasteiger partial charge in [0, 0.05) is 46.0 Å². The van der Waals surface area contributed by atoms with Crippen LogP contribution >= 0.6 is 0 Å². The number of piperidine rings is 1. The lowest BCUT2D eigenvalue weighted by molar-refractivity contribution is -0.180. The summed E-state index contributed by atoms with van der Waals surface area (Å²) in [4.78, 5) is 29.5. The fraction of sp³-hybridized carbons (Fsp3) is 0.500. The molecule has 0 bridgehead atoms. The highest BCUT2D eigenvalue weighted by Gasteiger charge is 2.44. The molecule has 2 aliphatic heterocycles. The molecule has 166 valence electrons. The fourth-order valence-electron chi connectivity index (χ4n) is 4.40. The molecule has 1 atom stereocenters. The Bertz CT molecular complexity index is 937. The van der Waals surface area contributed by atoms with Crippen molar-refractivity contribution in [3.8, 4) is 0 Å². The molecule has 0 saturated carbocycles. The largest absolute Gasteiger partial charge is 0.359 e. The number of likely N-dealkylation sites (tertiary alicyclic amines) is 1. The molecule has 4 rings (SSSR count). The van der Waals surface area contributed by atoms with E-state index in [1.54, 1.807) is 36.1 Å². The van der Waals surface area contributed by atoms with E-state index in [-0.39, 0.29) is 17.6 Å². The van der Waals surface area contributed by atoms with Crippen molar-refractivity contribution < 1.29 is 18.7 Å². The molecule has 1 aromatic carbocycles. The molecule has 2 amide bonds. The lowest BCUT2D eigenvalue weighted by Crippen LogP contribution is -2.61. The van der Waals surface area contributed by atoms with Gasteiger partial charge >= 0.3 is 0 Å². The van der Waals surface area contributed by atoms with Crippen LogP contribution in [0.25, 0.3) is 0 Å². The minimum atomic E-state index is -0.585. The third kappa shape index (κ3) is 4.77. The van der Waals surface area contributed by atoms with Crippen LogP contribution in [0.1, 0.15) is 28.9 Å². The van der Waals surface area contributed by atoms with E-state index in [1.807, 2.05) is 11.9 Å². The fourth-order valence-corrected chi connectivity index (χ4v) is 4.40. The Morgan fingerprint density at radius 3 is 2.55 bits per heavy atom. The van der Waals surface area contributed by atoms with Crippen LogP contribution in [-0.2, 0) is 23.1 Å². The molecule has 1 spiro atoms. The molecule has 2 fully saturated rings. The van der Waals surface area contributed by atoms with Crippen LogP contribution in [-0.4, -0.2) is 76.3 Å². The van der Waals surface area contributed by atoms with Crippen LogP contribution in [0.5, 0.6) is 0 Å². The second kappa shape index (κ2) is 8.76. The van der Waals surface area contributed by atoms with E-state index in [9.17, 15) is 14.0 Å². The lowest BCUT2D eigenvalue weighted by Gasteiger charge is -2.48. The average Bonchev–Trinajstić information content (AvgIpc) is 3.18. The SMILES string of the molecule is CN1C[C@H](C(=O)NCc2ccc(F)cc2)OC2(CCN(C(=O)c3ccnn3C)CC2)C1. The summed E-state index contributed by atoms with van der Waals surface area (Å²) in [5.74, 6) is -0.515. The monoisotopic (exact) mass is 429 g/mol. The first kappa shape index (κ1) is 21.5. The summed E-state index contributed by atoms with van der Waals surface area (Å²) >= 11 is 0. The maximum Gasteiger partial charge on any atom is 0.272 e. The van der Waals surface area contributed by atoms with Gasteiger partial charge in [-0.05, 0) is 43.7 Å². The normalized spacial score (nSPS) is 21.3. The number of rotatable bonds is 4. The zero-order chi connectivity index (χ0) is 22.0. The number of hydrogen-bond donors (Lipinski definition) is 1. The highest BCUT2D eigenvalue weighted by atomic mass is 19.1. The smallest absolute Gasteiger partial charge is 0.272 e. The van der Waals surface area contributed by atoms with E-state index in [0.717, 1.165) is 12.1 Å². The van der Waals surface area contributed by atoms with Gasteiger partial charge in [0.05, 0.1) is 5.60 Å². The third-order valence-electron chi connectivity index (χ3n) is 6.10. The molecule has 9 heteroatoms. The Kier molecular flexibility index (Phi) is 6.06. The first-order valence-corrected chi connectivity index (χ1v) is 10.5. The van der Waals surface area contributed by atoms with E-state index >= 15 is 0 Å². The van der Waals surface area contributed by atoms with Crippen molar-refractivity contribution in [2.45, 2.75) is 31.1 Å². The molecular weight excluding hydrogens is 401 g/mol. The van der Waals surface area contributed by atoms with Crippen LogP contribution < -0.4 is 5.32 Å². The average molecular weight is 429 g/mol. The van der Waals surface area contributed by atoms with Crippen molar-refractivity contribution in [1.29, 1.82) is 0 Å². The molecule has 1 N–H and O–H groups in total. The van der Waals surface area contributed by atoms with Crippen LogP contribution in [0.4, 0.5) is 4.39 Å².